The van der Waals surface area contributed by atoms with Crippen molar-refractivity contribution < 1.29 is 32.6 Å². The van der Waals surface area contributed by atoms with Gasteiger partial charge < -0.3 is 24.6 Å². The maximum absolute atomic E-state index is 14.3. The molecule has 0 spiro atoms. The van der Waals surface area contributed by atoms with E-state index in [0.29, 0.717) is 47.1 Å². The number of nitrogens with zero attached hydrogens (tertiary/aromatic N) is 9. The van der Waals surface area contributed by atoms with Crippen LogP contribution in [0.1, 0.15) is 105 Å². The summed E-state index contributed by atoms with van der Waals surface area (Å²) in [5, 5.41) is 13.6. The van der Waals surface area contributed by atoms with E-state index in [-0.39, 0.29) is 66.7 Å². The van der Waals surface area contributed by atoms with Crippen LogP contribution in [0.3, 0.4) is 0 Å². The Balaban J connectivity index is 0.751. The minimum Gasteiger partial charge on any atom is -0.372 e. The average molecular weight is 882 g/mol. The molecule has 1 aliphatic carbocycles. The van der Waals surface area contributed by atoms with Crippen molar-refractivity contribution in [2.45, 2.75) is 102 Å². The highest BCUT2D eigenvalue weighted by atomic mass is 19.3. The first-order chi connectivity index (χ1) is 30.9. The standard InChI is InChI=1S/C45H53F2N11O6/c1-27-23-55(24-28(2)64-27)37-17-20-56-42(50-37)33(22-48-56)43(60)49-34-26-57(52-39(34)41(46)47)31-11-9-29(10-12-31)25-54-18-15-32(16-19-54)63-21-5-7-30-6-4-8-35-40(30)53(3)45(62)58(35)36-13-14-38(59)51-44(36)61/h4,6,8,17,20,22,26-29,31-32,36,41H,9-16,18-19,21,23-25H2,1-3H3,(H,49,60)(H,51,59,61)/t27-,28-,29?,31?,36?/m1/s1. The Morgan fingerprint density at radius 1 is 1.03 bits per heavy atom. The lowest BCUT2D eigenvalue weighted by atomic mass is 9.85. The normalized spacial score (nSPS) is 23.7. The quantitative estimate of drug-likeness (QED) is 0.148. The Kier molecular flexibility index (Phi) is 12.3. The molecular formula is C45H53F2N11O6. The first-order valence-electron chi connectivity index (χ1n) is 22.2. The number of morpholine rings is 1. The number of hydrogen-bond acceptors (Lipinski definition) is 11. The highest BCUT2D eigenvalue weighted by Crippen LogP contribution is 2.36. The van der Waals surface area contributed by atoms with E-state index in [0.717, 1.165) is 58.2 Å². The van der Waals surface area contributed by atoms with Crippen LogP contribution in [0.5, 0.6) is 0 Å². The van der Waals surface area contributed by atoms with E-state index in [1.54, 1.807) is 24.0 Å². The summed E-state index contributed by atoms with van der Waals surface area (Å²) in [6, 6.07) is 6.46. The zero-order chi connectivity index (χ0) is 44.6. The van der Waals surface area contributed by atoms with Gasteiger partial charge in [-0.05, 0) is 82.9 Å². The number of carbonyl (C=O) groups excluding carboxylic acids is 3. The van der Waals surface area contributed by atoms with Gasteiger partial charge in [-0.15, -0.1) is 0 Å². The molecule has 1 saturated carbocycles. The maximum Gasteiger partial charge on any atom is 0.329 e. The number of imide groups is 1. The maximum atomic E-state index is 14.3. The van der Waals surface area contributed by atoms with Crippen LogP contribution in [0, 0.1) is 17.8 Å². The van der Waals surface area contributed by atoms with Gasteiger partial charge in [0.2, 0.25) is 11.8 Å². The second kappa shape index (κ2) is 18.3. The minimum atomic E-state index is -2.87. The van der Waals surface area contributed by atoms with Crippen LogP contribution in [0.15, 0.2) is 47.7 Å². The van der Waals surface area contributed by atoms with Crippen LogP contribution in [-0.4, -0.2) is 114 Å². The summed E-state index contributed by atoms with van der Waals surface area (Å²) < 4.78 is 46.7. The third-order valence-electron chi connectivity index (χ3n) is 13.0. The van der Waals surface area contributed by atoms with E-state index in [9.17, 15) is 28.0 Å². The second-order valence-corrected chi connectivity index (χ2v) is 17.6. The summed E-state index contributed by atoms with van der Waals surface area (Å²) in [7, 11) is 1.66. The van der Waals surface area contributed by atoms with Gasteiger partial charge in [0.15, 0.2) is 11.3 Å². The van der Waals surface area contributed by atoms with E-state index in [2.05, 4.69) is 42.5 Å². The number of para-hydroxylation sites is 1. The number of hydrogen-bond donors (Lipinski definition) is 2. The number of aryl methyl sites for hydroxylation is 1. The second-order valence-electron chi connectivity index (χ2n) is 17.6. The highest BCUT2D eigenvalue weighted by Gasteiger charge is 2.33. The third kappa shape index (κ3) is 8.91. The van der Waals surface area contributed by atoms with Crippen molar-refractivity contribution >= 4 is 45.9 Å². The zero-order valence-electron chi connectivity index (χ0n) is 36.2. The predicted molar refractivity (Wildman–Crippen MR) is 232 cm³/mol. The number of ether oxygens (including phenoxy) is 2. The number of imidazole rings is 1. The molecule has 1 aromatic carbocycles. The Morgan fingerprint density at radius 2 is 1.80 bits per heavy atom. The topological polar surface area (TPSA) is 175 Å². The fourth-order valence-electron chi connectivity index (χ4n) is 9.88. The van der Waals surface area contributed by atoms with Crippen molar-refractivity contribution in [1.29, 1.82) is 0 Å². The summed E-state index contributed by atoms with van der Waals surface area (Å²) in [4.78, 5) is 60.4. The SMILES string of the molecule is C[C@@H]1CN(c2ccn3ncc(C(=O)Nc4cn(C5CCC(CN6CCC(OCC#Cc7cccc8c7n(C)c(=O)n8C7CCC(=O)NC7=O)CC6)CC5)nc4C(F)F)c3n2)C[C@@H](C)O1. The number of carbonyl (C=O) groups is 3. The number of anilines is 2. The molecule has 5 aromatic rings. The molecule has 0 bridgehead atoms. The number of nitrogens with one attached hydrogen (secondary N) is 2. The van der Waals surface area contributed by atoms with E-state index in [1.807, 2.05) is 32.0 Å². The van der Waals surface area contributed by atoms with Crippen molar-refractivity contribution in [2.24, 2.45) is 13.0 Å². The smallest absolute Gasteiger partial charge is 0.329 e. The van der Waals surface area contributed by atoms with Crippen LogP contribution in [0.4, 0.5) is 20.3 Å². The van der Waals surface area contributed by atoms with Gasteiger partial charge in [-0.1, -0.05) is 17.9 Å². The number of piperidine rings is 2. The molecule has 2 N–H and O–H groups in total. The number of benzene rings is 1. The van der Waals surface area contributed by atoms with E-state index in [4.69, 9.17) is 14.5 Å². The van der Waals surface area contributed by atoms with Crippen LogP contribution in [0.2, 0.25) is 0 Å². The third-order valence-corrected chi connectivity index (χ3v) is 13.0. The summed E-state index contributed by atoms with van der Waals surface area (Å²) in [6.07, 6.45) is 7.58. The Morgan fingerprint density at radius 3 is 2.53 bits per heavy atom. The molecule has 64 heavy (non-hydrogen) atoms. The number of halogens is 2. The Labute approximate surface area is 368 Å². The van der Waals surface area contributed by atoms with Gasteiger partial charge in [-0.2, -0.15) is 10.2 Å². The fraction of sp³-hybridized carbons (Fsp3) is 0.533. The van der Waals surface area contributed by atoms with Crippen LogP contribution < -0.4 is 21.2 Å². The zero-order valence-corrected chi connectivity index (χ0v) is 36.2. The van der Waals surface area contributed by atoms with Gasteiger partial charge in [0.05, 0.1) is 52.8 Å². The summed E-state index contributed by atoms with van der Waals surface area (Å²) in [5.74, 6) is 6.05. The predicted octanol–water partition coefficient (Wildman–Crippen LogP) is 4.62. The van der Waals surface area contributed by atoms with Crippen LogP contribution in [0.25, 0.3) is 16.7 Å². The van der Waals surface area contributed by atoms with Gasteiger partial charge >= 0.3 is 5.69 Å². The first kappa shape index (κ1) is 43.3. The van der Waals surface area contributed by atoms with Gasteiger partial charge in [-0.3, -0.25) is 33.5 Å². The molecule has 3 amide bonds. The number of aromatic nitrogens is 7. The molecule has 9 rings (SSSR count). The van der Waals surface area contributed by atoms with Crippen molar-refractivity contribution in [3.05, 3.63) is 70.2 Å². The Hall–Kier alpha value is -5.97. The molecule has 4 aliphatic rings. The van der Waals surface area contributed by atoms with E-state index in [1.165, 1.54) is 26.0 Å². The van der Waals surface area contributed by atoms with E-state index >= 15 is 0 Å². The molecule has 4 fully saturated rings. The first-order valence-corrected chi connectivity index (χ1v) is 22.2. The number of likely N-dealkylation sites (tertiary alicyclic amines) is 1. The van der Waals surface area contributed by atoms with Crippen LogP contribution in [-0.2, 0) is 26.1 Å². The molecule has 3 aliphatic heterocycles. The number of alkyl halides is 2. The van der Waals surface area contributed by atoms with Crippen molar-refractivity contribution in [3.63, 3.8) is 0 Å². The minimum absolute atomic E-state index is 0.0180. The fourth-order valence-corrected chi connectivity index (χ4v) is 9.88. The molecule has 7 heterocycles. The molecule has 19 heteroatoms. The number of fused-ring (bicyclic) bond motifs is 2. The van der Waals surface area contributed by atoms with Crippen molar-refractivity contribution in [3.8, 4) is 11.8 Å². The number of amides is 3. The highest BCUT2D eigenvalue weighted by molar-refractivity contribution is 6.08. The van der Waals surface area contributed by atoms with Gasteiger partial charge in [0, 0.05) is 58.6 Å². The molecule has 1 unspecified atom stereocenters. The molecule has 3 atom stereocenters. The molecule has 4 aromatic heterocycles. The van der Waals surface area contributed by atoms with Gasteiger partial charge in [0.25, 0.3) is 12.3 Å². The van der Waals surface area contributed by atoms with Gasteiger partial charge in [-0.25, -0.2) is 23.1 Å². The Bertz CT molecular complexity index is 2670. The molecule has 3 saturated heterocycles. The van der Waals surface area contributed by atoms with E-state index < -0.39 is 30.0 Å². The van der Waals surface area contributed by atoms with Crippen molar-refractivity contribution in [1.82, 2.24) is 43.7 Å². The van der Waals surface area contributed by atoms with Crippen LogP contribution >= 0.6 is 0 Å². The lowest BCUT2D eigenvalue weighted by molar-refractivity contribution is -0.135. The molecule has 0 radical (unpaired) electrons. The average Bonchev–Trinajstić information content (AvgIpc) is 3.97. The monoisotopic (exact) mass is 881 g/mol. The van der Waals surface area contributed by atoms with Gasteiger partial charge in [0.1, 0.15) is 24.0 Å². The molecule has 17 nitrogen and oxygen atoms in total. The lowest BCUT2D eigenvalue weighted by Crippen LogP contribution is -2.45. The summed E-state index contributed by atoms with van der Waals surface area (Å²) >= 11 is 0. The summed E-state index contributed by atoms with van der Waals surface area (Å²) in [6.45, 7) is 8.31. The lowest BCUT2D eigenvalue weighted by Gasteiger charge is -2.36. The largest absolute Gasteiger partial charge is 0.372 e. The molecule has 338 valence electrons. The number of rotatable bonds is 10. The van der Waals surface area contributed by atoms with Crippen molar-refractivity contribution in [2.75, 3.05) is 49.5 Å². The molecular weight excluding hydrogens is 829 g/mol. The summed E-state index contributed by atoms with van der Waals surface area (Å²) in [5.41, 5.74) is 1.57.